The zero-order valence-electron chi connectivity index (χ0n) is 6.85. The van der Waals surface area contributed by atoms with Gasteiger partial charge in [-0.2, -0.15) is 0 Å². The van der Waals surface area contributed by atoms with Gasteiger partial charge in [0.05, 0.1) is 0 Å². The lowest BCUT2D eigenvalue weighted by molar-refractivity contribution is 0.0965. The summed E-state index contributed by atoms with van der Waals surface area (Å²) in [5.41, 5.74) is 4.14. The molecule has 2 aliphatic rings. The van der Waals surface area contributed by atoms with E-state index in [9.17, 15) is 0 Å². The SMILES string of the molecule is C[C@@H]1CC2(CC2)CN(C)N1. The highest BCUT2D eigenvalue weighted by Crippen LogP contribution is 2.51. The van der Waals surface area contributed by atoms with Crippen molar-refractivity contribution in [2.75, 3.05) is 13.6 Å². The van der Waals surface area contributed by atoms with E-state index in [0.29, 0.717) is 6.04 Å². The summed E-state index contributed by atoms with van der Waals surface area (Å²) in [6, 6.07) is 0.696. The summed E-state index contributed by atoms with van der Waals surface area (Å²) in [5.74, 6) is 0. The smallest absolute Gasteiger partial charge is 0.0192 e. The first-order valence-electron chi connectivity index (χ1n) is 4.18. The highest BCUT2D eigenvalue weighted by atomic mass is 15.5. The van der Waals surface area contributed by atoms with E-state index in [1.807, 2.05) is 0 Å². The molecule has 0 aromatic heterocycles. The van der Waals surface area contributed by atoms with Crippen molar-refractivity contribution in [2.24, 2.45) is 5.41 Å². The first-order chi connectivity index (χ1) is 4.70. The van der Waals surface area contributed by atoms with Crippen LogP contribution in [0.3, 0.4) is 0 Å². The van der Waals surface area contributed by atoms with Crippen LogP contribution in [0, 0.1) is 5.41 Å². The molecule has 1 spiro atoms. The zero-order chi connectivity index (χ0) is 7.19. The third-order valence-corrected chi connectivity index (χ3v) is 2.71. The van der Waals surface area contributed by atoms with Crippen LogP contribution in [-0.2, 0) is 0 Å². The molecule has 2 heteroatoms. The van der Waals surface area contributed by atoms with E-state index < -0.39 is 0 Å². The van der Waals surface area contributed by atoms with Gasteiger partial charge in [0.15, 0.2) is 0 Å². The van der Waals surface area contributed by atoms with Crippen molar-refractivity contribution in [2.45, 2.75) is 32.2 Å². The number of hydrogen-bond acceptors (Lipinski definition) is 2. The van der Waals surface area contributed by atoms with Gasteiger partial charge in [-0.25, -0.2) is 5.01 Å². The molecule has 58 valence electrons. The molecule has 1 saturated heterocycles. The van der Waals surface area contributed by atoms with Crippen molar-refractivity contribution >= 4 is 0 Å². The molecule has 1 saturated carbocycles. The topological polar surface area (TPSA) is 15.3 Å². The Bertz CT molecular complexity index is 128. The fourth-order valence-electron chi connectivity index (χ4n) is 2.22. The minimum absolute atomic E-state index is 0.696. The summed E-state index contributed by atoms with van der Waals surface area (Å²) in [6.45, 7) is 3.53. The maximum absolute atomic E-state index is 3.41. The number of hydrogen-bond donors (Lipinski definition) is 1. The maximum Gasteiger partial charge on any atom is 0.0192 e. The van der Waals surface area contributed by atoms with Crippen molar-refractivity contribution in [3.63, 3.8) is 0 Å². The van der Waals surface area contributed by atoms with Crippen molar-refractivity contribution < 1.29 is 0 Å². The lowest BCUT2D eigenvalue weighted by Crippen LogP contribution is -2.50. The highest BCUT2D eigenvalue weighted by molar-refractivity contribution is 4.98. The Balaban J connectivity index is 2.00. The molecule has 0 bridgehead atoms. The van der Waals surface area contributed by atoms with Gasteiger partial charge in [-0.15, -0.1) is 0 Å². The largest absolute Gasteiger partial charge is 0.253 e. The Morgan fingerprint density at radius 2 is 2.20 bits per heavy atom. The molecular formula is C8H16N2. The predicted octanol–water partition coefficient (Wildman–Crippen LogP) is 0.995. The van der Waals surface area contributed by atoms with E-state index in [-0.39, 0.29) is 0 Å². The number of hydrazine groups is 1. The molecule has 0 radical (unpaired) electrons. The molecule has 1 aliphatic carbocycles. The van der Waals surface area contributed by atoms with E-state index in [4.69, 9.17) is 0 Å². The lowest BCUT2D eigenvalue weighted by atomic mass is 9.96. The molecule has 1 atom stereocenters. The second kappa shape index (κ2) is 1.95. The molecule has 2 rings (SSSR count). The van der Waals surface area contributed by atoms with Gasteiger partial charge in [-0.1, -0.05) is 0 Å². The second-order valence-corrected chi connectivity index (χ2v) is 4.09. The van der Waals surface area contributed by atoms with Crippen LogP contribution in [0.1, 0.15) is 26.2 Å². The third kappa shape index (κ3) is 1.06. The van der Waals surface area contributed by atoms with Gasteiger partial charge < -0.3 is 0 Å². The van der Waals surface area contributed by atoms with Gasteiger partial charge >= 0.3 is 0 Å². The number of rotatable bonds is 0. The van der Waals surface area contributed by atoms with Crippen LogP contribution in [-0.4, -0.2) is 24.6 Å². The van der Waals surface area contributed by atoms with Crippen LogP contribution < -0.4 is 5.43 Å². The highest BCUT2D eigenvalue weighted by Gasteiger charge is 2.46. The van der Waals surface area contributed by atoms with E-state index in [2.05, 4.69) is 24.4 Å². The van der Waals surface area contributed by atoms with Crippen LogP contribution in [0.25, 0.3) is 0 Å². The Morgan fingerprint density at radius 1 is 1.50 bits per heavy atom. The molecule has 1 N–H and O–H groups in total. The van der Waals surface area contributed by atoms with Gasteiger partial charge in [0, 0.05) is 19.6 Å². The van der Waals surface area contributed by atoms with E-state index in [0.717, 1.165) is 5.41 Å². The van der Waals surface area contributed by atoms with Crippen LogP contribution in [0.2, 0.25) is 0 Å². The molecule has 2 fully saturated rings. The molecule has 0 amide bonds. The Labute approximate surface area is 62.6 Å². The fraction of sp³-hybridized carbons (Fsp3) is 1.00. The molecule has 2 nitrogen and oxygen atoms in total. The average Bonchev–Trinajstić information content (AvgIpc) is 2.44. The lowest BCUT2D eigenvalue weighted by Gasteiger charge is -2.35. The van der Waals surface area contributed by atoms with Crippen LogP contribution >= 0.6 is 0 Å². The molecular weight excluding hydrogens is 124 g/mol. The number of nitrogens with zero attached hydrogens (tertiary/aromatic N) is 1. The molecule has 0 aromatic carbocycles. The second-order valence-electron chi connectivity index (χ2n) is 4.09. The minimum Gasteiger partial charge on any atom is -0.253 e. The first kappa shape index (κ1) is 6.62. The van der Waals surface area contributed by atoms with Gasteiger partial charge in [0.2, 0.25) is 0 Å². The average molecular weight is 140 g/mol. The summed E-state index contributed by atoms with van der Waals surface area (Å²) in [4.78, 5) is 0. The van der Waals surface area contributed by atoms with Gasteiger partial charge in [-0.05, 0) is 31.6 Å². The van der Waals surface area contributed by atoms with E-state index >= 15 is 0 Å². The van der Waals surface area contributed by atoms with Crippen molar-refractivity contribution in [1.29, 1.82) is 0 Å². The Morgan fingerprint density at radius 3 is 2.70 bits per heavy atom. The Kier molecular flexibility index (Phi) is 1.29. The predicted molar refractivity (Wildman–Crippen MR) is 41.5 cm³/mol. The van der Waals surface area contributed by atoms with Gasteiger partial charge in [-0.3, -0.25) is 5.43 Å². The third-order valence-electron chi connectivity index (χ3n) is 2.71. The molecule has 0 unspecified atom stereocenters. The molecule has 0 aromatic rings. The summed E-state index contributed by atoms with van der Waals surface area (Å²) in [6.07, 6.45) is 4.31. The normalized spacial score (nSPS) is 38.4. The fourth-order valence-corrected chi connectivity index (χ4v) is 2.22. The standard InChI is InChI=1S/C8H16N2/c1-7-5-8(3-4-8)6-10(2)9-7/h7,9H,3-6H2,1-2H3/t7-/m1/s1. The van der Waals surface area contributed by atoms with Crippen molar-refractivity contribution in [3.8, 4) is 0 Å². The van der Waals surface area contributed by atoms with Crippen LogP contribution in [0.15, 0.2) is 0 Å². The van der Waals surface area contributed by atoms with E-state index in [1.165, 1.54) is 25.8 Å². The van der Waals surface area contributed by atoms with Gasteiger partial charge in [0.1, 0.15) is 0 Å². The van der Waals surface area contributed by atoms with Crippen LogP contribution in [0.4, 0.5) is 0 Å². The van der Waals surface area contributed by atoms with Gasteiger partial charge in [0.25, 0.3) is 0 Å². The number of nitrogens with one attached hydrogen (secondary N) is 1. The summed E-state index contributed by atoms with van der Waals surface area (Å²) >= 11 is 0. The van der Waals surface area contributed by atoms with Crippen molar-refractivity contribution in [3.05, 3.63) is 0 Å². The van der Waals surface area contributed by atoms with Crippen LogP contribution in [0.5, 0.6) is 0 Å². The minimum atomic E-state index is 0.696. The monoisotopic (exact) mass is 140 g/mol. The summed E-state index contributed by atoms with van der Waals surface area (Å²) in [5, 5.41) is 2.25. The summed E-state index contributed by atoms with van der Waals surface area (Å²) < 4.78 is 0. The quantitative estimate of drug-likeness (QED) is 0.540. The Hall–Kier alpha value is -0.0800. The summed E-state index contributed by atoms with van der Waals surface area (Å²) in [7, 11) is 2.15. The molecule has 10 heavy (non-hydrogen) atoms. The van der Waals surface area contributed by atoms with E-state index in [1.54, 1.807) is 0 Å². The molecule has 1 heterocycles. The van der Waals surface area contributed by atoms with Crippen molar-refractivity contribution in [1.82, 2.24) is 10.4 Å². The maximum atomic E-state index is 3.41. The zero-order valence-corrected chi connectivity index (χ0v) is 6.85. The first-order valence-corrected chi connectivity index (χ1v) is 4.18. The molecule has 1 aliphatic heterocycles.